The van der Waals surface area contributed by atoms with Crippen molar-refractivity contribution < 1.29 is 44.8 Å². The zero-order valence-corrected chi connectivity index (χ0v) is 16.6. The van der Waals surface area contributed by atoms with Crippen molar-refractivity contribution in [3.8, 4) is 16.9 Å². The average molecular weight is 480 g/mol. The van der Waals surface area contributed by atoms with Crippen molar-refractivity contribution in [3.05, 3.63) is 94.1 Å². The SMILES string of the molecule is OB(Oc1ccc(F)c2c(F)c(F)c(F)cc12)c1c(F)c(F)c(F)c2c1Cc1cccc(F)c1-2. The van der Waals surface area contributed by atoms with Crippen LogP contribution in [0.5, 0.6) is 5.75 Å². The standard InChI is InChI=1S/C23H9BF8O2/c25-11-3-1-2-8-6-10-17(15(8)11)21(30)23(32)22(31)18(10)24(33)34-14-5-4-12(26)16-9(14)7-13(27)19(28)20(16)29/h1-5,7,33H,6H2. The van der Waals surface area contributed by atoms with Crippen LogP contribution < -0.4 is 10.1 Å². The molecule has 0 heterocycles. The molecule has 0 atom stereocenters. The summed E-state index contributed by atoms with van der Waals surface area (Å²) < 4.78 is 119. The molecule has 2 nitrogen and oxygen atoms in total. The zero-order valence-electron chi connectivity index (χ0n) is 16.6. The van der Waals surface area contributed by atoms with E-state index in [1.54, 1.807) is 0 Å². The van der Waals surface area contributed by atoms with Crippen LogP contribution in [0.15, 0.2) is 36.4 Å². The van der Waals surface area contributed by atoms with Crippen LogP contribution in [0.4, 0.5) is 35.1 Å². The third kappa shape index (κ3) is 3.07. The monoisotopic (exact) mass is 480 g/mol. The van der Waals surface area contributed by atoms with Crippen molar-refractivity contribution in [2.45, 2.75) is 6.42 Å². The molecule has 4 aromatic carbocycles. The second-order valence-corrected chi connectivity index (χ2v) is 7.58. The van der Waals surface area contributed by atoms with Gasteiger partial charge >= 0.3 is 7.12 Å². The fourth-order valence-corrected chi connectivity index (χ4v) is 4.24. The highest BCUT2D eigenvalue weighted by Crippen LogP contribution is 2.41. The summed E-state index contributed by atoms with van der Waals surface area (Å²) in [5.41, 5.74) is -1.91. The van der Waals surface area contributed by atoms with E-state index in [4.69, 9.17) is 4.65 Å². The summed E-state index contributed by atoms with van der Waals surface area (Å²) in [6.07, 6.45) is -0.287. The highest BCUT2D eigenvalue weighted by Gasteiger charge is 2.39. The van der Waals surface area contributed by atoms with Gasteiger partial charge in [0.05, 0.1) is 5.39 Å². The minimum absolute atomic E-state index is 0.194. The van der Waals surface area contributed by atoms with Crippen molar-refractivity contribution in [2.24, 2.45) is 0 Å². The van der Waals surface area contributed by atoms with Gasteiger partial charge in [0.15, 0.2) is 34.9 Å². The Labute approximate surface area is 186 Å². The summed E-state index contributed by atoms with van der Waals surface area (Å²) >= 11 is 0. The van der Waals surface area contributed by atoms with E-state index in [0.717, 1.165) is 12.1 Å². The number of fused-ring (bicyclic) bond motifs is 4. The molecule has 0 saturated heterocycles. The number of halogens is 8. The maximum atomic E-state index is 14.8. The molecule has 5 rings (SSSR count). The van der Waals surface area contributed by atoms with Gasteiger partial charge in [-0.05, 0) is 41.8 Å². The highest BCUT2D eigenvalue weighted by molar-refractivity contribution is 6.61. The fourth-order valence-electron chi connectivity index (χ4n) is 4.24. The first-order valence-electron chi connectivity index (χ1n) is 9.69. The molecule has 1 aliphatic rings. The van der Waals surface area contributed by atoms with Crippen LogP contribution in [0.1, 0.15) is 11.1 Å². The van der Waals surface area contributed by atoms with Crippen LogP contribution in [-0.4, -0.2) is 12.1 Å². The van der Waals surface area contributed by atoms with Gasteiger partial charge in [-0.25, -0.2) is 35.1 Å². The van der Waals surface area contributed by atoms with E-state index in [1.165, 1.54) is 12.1 Å². The molecule has 1 aliphatic carbocycles. The first kappa shape index (κ1) is 22.2. The van der Waals surface area contributed by atoms with Gasteiger partial charge in [-0.1, -0.05) is 12.1 Å². The smallest absolute Gasteiger partial charge is 0.532 e. The molecule has 1 N–H and O–H groups in total. The summed E-state index contributed by atoms with van der Waals surface area (Å²) in [4.78, 5) is 0. The van der Waals surface area contributed by atoms with Gasteiger partial charge in [0, 0.05) is 22.0 Å². The van der Waals surface area contributed by atoms with Crippen molar-refractivity contribution >= 4 is 23.4 Å². The molecule has 0 unspecified atom stereocenters. The molecule has 0 radical (unpaired) electrons. The van der Waals surface area contributed by atoms with E-state index in [9.17, 15) is 40.1 Å². The van der Waals surface area contributed by atoms with Crippen LogP contribution in [0, 0.1) is 46.5 Å². The maximum Gasteiger partial charge on any atom is 0.563 e. The third-order valence-electron chi connectivity index (χ3n) is 5.72. The normalized spacial score (nSPS) is 12.1. The molecule has 0 spiro atoms. The molecule has 0 aliphatic heterocycles. The number of hydrogen-bond donors (Lipinski definition) is 1. The molecule has 11 heteroatoms. The minimum Gasteiger partial charge on any atom is -0.532 e. The molecular weight excluding hydrogens is 471 g/mol. The molecule has 172 valence electrons. The summed E-state index contributed by atoms with van der Waals surface area (Å²) in [7, 11) is -2.40. The Bertz CT molecular complexity index is 1520. The second-order valence-electron chi connectivity index (χ2n) is 7.58. The van der Waals surface area contributed by atoms with Gasteiger partial charge < -0.3 is 9.68 Å². The van der Waals surface area contributed by atoms with Crippen LogP contribution in [0.2, 0.25) is 0 Å². The van der Waals surface area contributed by atoms with E-state index in [0.29, 0.717) is 12.1 Å². The topological polar surface area (TPSA) is 29.5 Å². The molecule has 4 aromatic rings. The van der Waals surface area contributed by atoms with Gasteiger partial charge in [-0.2, -0.15) is 0 Å². The van der Waals surface area contributed by atoms with E-state index in [-0.39, 0.29) is 23.1 Å². The second kappa shape index (κ2) is 7.73. The quantitative estimate of drug-likeness (QED) is 0.216. The van der Waals surface area contributed by atoms with Gasteiger partial charge in [0.25, 0.3) is 0 Å². The van der Waals surface area contributed by atoms with Crippen molar-refractivity contribution in [1.29, 1.82) is 0 Å². The first-order chi connectivity index (χ1) is 16.1. The Morgan fingerprint density at radius 3 is 2.18 bits per heavy atom. The summed E-state index contributed by atoms with van der Waals surface area (Å²) in [5.74, 6) is -13.8. The lowest BCUT2D eigenvalue weighted by Crippen LogP contribution is -2.42. The van der Waals surface area contributed by atoms with Crippen LogP contribution >= 0.6 is 0 Å². The summed E-state index contributed by atoms with van der Waals surface area (Å²) in [6, 6.07) is 5.55. The highest BCUT2D eigenvalue weighted by atomic mass is 19.2. The average Bonchev–Trinajstić information content (AvgIpc) is 3.18. The fraction of sp³-hybridized carbons (Fsp3) is 0.0435. The molecule has 0 saturated carbocycles. The predicted octanol–water partition coefficient (Wildman–Crippen LogP) is 5.29. The largest absolute Gasteiger partial charge is 0.563 e. The molecule has 0 amide bonds. The lowest BCUT2D eigenvalue weighted by atomic mass is 9.74. The zero-order chi connectivity index (χ0) is 24.5. The molecule has 0 bridgehead atoms. The number of hydrogen-bond acceptors (Lipinski definition) is 2. The third-order valence-corrected chi connectivity index (χ3v) is 5.72. The molecule has 34 heavy (non-hydrogen) atoms. The minimum atomic E-state index is -2.40. The van der Waals surface area contributed by atoms with Gasteiger partial charge in [0.2, 0.25) is 0 Å². The van der Waals surface area contributed by atoms with Gasteiger partial charge in [0.1, 0.15) is 17.4 Å². The first-order valence-corrected chi connectivity index (χ1v) is 9.69. The van der Waals surface area contributed by atoms with E-state index in [1.807, 2.05) is 0 Å². The Kier molecular flexibility index (Phi) is 5.05. The lowest BCUT2D eigenvalue weighted by molar-refractivity contribution is 0.420. The summed E-state index contributed by atoms with van der Waals surface area (Å²) in [6.45, 7) is 0. The Morgan fingerprint density at radius 1 is 0.706 bits per heavy atom. The molecular formula is C23H9BF8O2. The van der Waals surface area contributed by atoms with E-state index >= 15 is 0 Å². The van der Waals surface area contributed by atoms with Crippen LogP contribution in [0.3, 0.4) is 0 Å². The van der Waals surface area contributed by atoms with Gasteiger partial charge in [-0.3, -0.25) is 0 Å². The van der Waals surface area contributed by atoms with Crippen molar-refractivity contribution in [2.75, 3.05) is 0 Å². The maximum absolute atomic E-state index is 14.8. The number of benzene rings is 4. The Hall–Kier alpha value is -3.60. The molecule has 0 aromatic heterocycles. The Morgan fingerprint density at radius 2 is 1.44 bits per heavy atom. The van der Waals surface area contributed by atoms with E-state index in [2.05, 4.69) is 0 Å². The molecule has 0 fully saturated rings. The predicted molar refractivity (Wildman–Crippen MR) is 107 cm³/mol. The van der Waals surface area contributed by atoms with Crippen molar-refractivity contribution in [1.82, 2.24) is 0 Å². The Balaban J connectivity index is 1.68. The van der Waals surface area contributed by atoms with Crippen LogP contribution in [0.25, 0.3) is 21.9 Å². The van der Waals surface area contributed by atoms with Crippen LogP contribution in [-0.2, 0) is 6.42 Å². The lowest BCUT2D eigenvalue weighted by Gasteiger charge is -2.17. The van der Waals surface area contributed by atoms with E-state index < -0.39 is 81.2 Å². The van der Waals surface area contributed by atoms with Crippen molar-refractivity contribution in [3.63, 3.8) is 0 Å². The van der Waals surface area contributed by atoms with Gasteiger partial charge in [-0.15, -0.1) is 0 Å². The summed E-state index contributed by atoms with van der Waals surface area (Å²) in [5, 5.41) is 8.95. The number of rotatable bonds is 3.